The van der Waals surface area contributed by atoms with Gasteiger partial charge in [0.05, 0.1) is 12.6 Å². The summed E-state index contributed by atoms with van der Waals surface area (Å²) in [7, 11) is 0. The second kappa shape index (κ2) is 5.48. The average Bonchev–Trinajstić information content (AvgIpc) is 2.72. The highest BCUT2D eigenvalue weighted by atomic mass is 16.5. The Kier molecular flexibility index (Phi) is 3.76. The fourth-order valence-corrected chi connectivity index (χ4v) is 1.41. The third-order valence-electron chi connectivity index (χ3n) is 2.09. The summed E-state index contributed by atoms with van der Waals surface area (Å²) in [5.74, 6) is 1.84. The van der Waals surface area contributed by atoms with Crippen LogP contribution in [0.3, 0.4) is 0 Å². The summed E-state index contributed by atoms with van der Waals surface area (Å²) in [4.78, 5) is 8.34. The molecule has 96 valence electrons. The normalized spacial score (nSPS) is 10.7. The maximum absolute atomic E-state index is 5.49. The summed E-state index contributed by atoms with van der Waals surface area (Å²) in [6, 6.07) is 3.59. The van der Waals surface area contributed by atoms with E-state index in [-0.39, 0.29) is 6.10 Å². The molecule has 0 saturated heterocycles. The number of rotatable bonds is 5. The molecule has 0 amide bonds. The highest BCUT2D eigenvalue weighted by Crippen LogP contribution is 2.11. The molecule has 0 fully saturated rings. The predicted molar refractivity (Wildman–Crippen MR) is 66.4 cm³/mol. The van der Waals surface area contributed by atoms with E-state index in [1.54, 1.807) is 12.3 Å². The first-order valence-corrected chi connectivity index (χ1v) is 5.79. The summed E-state index contributed by atoms with van der Waals surface area (Å²) in [6.07, 6.45) is 1.74. The van der Waals surface area contributed by atoms with E-state index in [1.807, 2.05) is 26.8 Å². The number of hydrogen-bond acceptors (Lipinski definition) is 6. The summed E-state index contributed by atoms with van der Waals surface area (Å²) in [5.41, 5.74) is 0.811. The lowest BCUT2D eigenvalue weighted by Crippen LogP contribution is -2.09. The Labute approximate surface area is 105 Å². The van der Waals surface area contributed by atoms with Crippen LogP contribution in [0.25, 0.3) is 0 Å². The first-order chi connectivity index (χ1) is 8.63. The van der Waals surface area contributed by atoms with Crippen molar-refractivity contribution < 1.29 is 9.26 Å². The van der Waals surface area contributed by atoms with Crippen LogP contribution < -0.4 is 10.1 Å². The molecule has 2 heterocycles. The summed E-state index contributed by atoms with van der Waals surface area (Å²) in [6.45, 7) is 6.27. The van der Waals surface area contributed by atoms with Gasteiger partial charge in [-0.05, 0) is 20.8 Å². The molecular formula is C12H16N4O2. The van der Waals surface area contributed by atoms with Crippen LogP contribution >= 0.6 is 0 Å². The van der Waals surface area contributed by atoms with Crippen LogP contribution in [0.15, 0.2) is 22.9 Å². The van der Waals surface area contributed by atoms with E-state index in [2.05, 4.69) is 20.4 Å². The molecule has 0 unspecified atom stereocenters. The summed E-state index contributed by atoms with van der Waals surface area (Å²) >= 11 is 0. The van der Waals surface area contributed by atoms with Gasteiger partial charge in [0.15, 0.2) is 0 Å². The first-order valence-electron chi connectivity index (χ1n) is 5.79. The van der Waals surface area contributed by atoms with Gasteiger partial charge in [-0.2, -0.15) is 4.98 Å². The predicted octanol–water partition coefficient (Wildman–Crippen LogP) is 2.17. The van der Waals surface area contributed by atoms with Gasteiger partial charge in [0.2, 0.25) is 11.8 Å². The van der Waals surface area contributed by atoms with Crippen molar-refractivity contribution in [3.8, 4) is 5.88 Å². The zero-order valence-corrected chi connectivity index (χ0v) is 10.7. The lowest BCUT2D eigenvalue weighted by Gasteiger charge is -2.09. The molecule has 0 atom stereocenters. The third-order valence-corrected chi connectivity index (χ3v) is 2.09. The fraction of sp³-hybridized carbons (Fsp3) is 0.417. The molecule has 18 heavy (non-hydrogen) atoms. The van der Waals surface area contributed by atoms with E-state index >= 15 is 0 Å². The third kappa shape index (κ3) is 3.44. The average molecular weight is 248 g/mol. The zero-order chi connectivity index (χ0) is 13.0. The number of ether oxygens (including phenoxy) is 1. The quantitative estimate of drug-likeness (QED) is 0.874. The van der Waals surface area contributed by atoms with Crippen molar-refractivity contribution in [1.82, 2.24) is 15.1 Å². The van der Waals surface area contributed by atoms with Crippen molar-refractivity contribution in [3.05, 3.63) is 29.8 Å². The first kappa shape index (κ1) is 12.3. The molecule has 6 heteroatoms. The largest absolute Gasteiger partial charge is 0.475 e. The molecule has 6 nitrogen and oxygen atoms in total. The van der Waals surface area contributed by atoms with Crippen LogP contribution in [0.4, 0.5) is 5.95 Å². The molecule has 0 aromatic carbocycles. The fourth-order valence-electron chi connectivity index (χ4n) is 1.41. The minimum Gasteiger partial charge on any atom is -0.475 e. The molecule has 0 aliphatic rings. The summed E-state index contributed by atoms with van der Waals surface area (Å²) in [5, 5.41) is 6.94. The van der Waals surface area contributed by atoms with Crippen LogP contribution in [0.2, 0.25) is 0 Å². The molecule has 2 aromatic heterocycles. The zero-order valence-electron chi connectivity index (χ0n) is 10.7. The second-order valence-electron chi connectivity index (χ2n) is 4.17. The topological polar surface area (TPSA) is 73.1 Å². The highest BCUT2D eigenvalue weighted by molar-refractivity contribution is 5.28. The molecule has 0 saturated carbocycles. The maximum atomic E-state index is 5.49. The molecule has 0 spiro atoms. The van der Waals surface area contributed by atoms with E-state index in [0.29, 0.717) is 18.4 Å². The Morgan fingerprint density at radius 3 is 2.94 bits per heavy atom. The standard InChI is InChI=1S/C12H16N4O2/c1-8(2)17-11-4-5-13-12(15-11)14-7-10-6-9(3)18-16-10/h4-6,8H,7H2,1-3H3,(H,13,14,15). The van der Waals surface area contributed by atoms with Crippen molar-refractivity contribution in [2.24, 2.45) is 0 Å². The number of aryl methyl sites for hydroxylation is 1. The molecular weight excluding hydrogens is 232 g/mol. The van der Waals surface area contributed by atoms with E-state index in [4.69, 9.17) is 9.26 Å². The lowest BCUT2D eigenvalue weighted by atomic mass is 10.4. The number of nitrogens with one attached hydrogen (secondary N) is 1. The number of nitrogens with zero attached hydrogens (tertiary/aromatic N) is 3. The van der Waals surface area contributed by atoms with E-state index in [1.165, 1.54) is 0 Å². The number of hydrogen-bond donors (Lipinski definition) is 1. The lowest BCUT2D eigenvalue weighted by molar-refractivity contribution is 0.232. The van der Waals surface area contributed by atoms with Crippen LogP contribution in [0.1, 0.15) is 25.3 Å². The minimum atomic E-state index is 0.0888. The Hall–Kier alpha value is -2.11. The molecule has 0 aliphatic heterocycles. The van der Waals surface area contributed by atoms with Crippen molar-refractivity contribution >= 4 is 5.95 Å². The van der Waals surface area contributed by atoms with E-state index < -0.39 is 0 Å². The van der Waals surface area contributed by atoms with Gasteiger partial charge in [0, 0.05) is 18.3 Å². The number of anilines is 1. The molecule has 1 N–H and O–H groups in total. The number of aromatic nitrogens is 3. The van der Waals surface area contributed by atoms with Gasteiger partial charge in [-0.1, -0.05) is 5.16 Å². The highest BCUT2D eigenvalue weighted by Gasteiger charge is 2.04. The van der Waals surface area contributed by atoms with E-state index in [9.17, 15) is 0 Å². The Morgan fingerprint density at radius 1 is 1.44 bits per heavy atom. The van der Waals surface area contributed by atoms with Gasteiger partial charge in [0.25, 0.3) is 0 Å². The van der Waals surface area contributed by atoms with Crippen LogP contribution in [-0.2, 0) is 6.54 Å². The second-order valence-corrected chi connectivity index (χ2v) is 4.17. The van der Waals surface area contributed by atoms with Crippen LogP contribution in [0.5, 0.6) is 5.88 Å². The molecule has 2 rings (SSSR count). The van der Waals surface area contributed by atoms with Crippen LogP contribution in [0, 0.1) is 6.92 Å². The monoisotopic (exact) mass is 248 g/mol. The van der Waals surface area contributed by atoms with E-state index in [0.717, 1.165) is 11.5 Å². The van der Waals surface area contributed by atoms with Crippen molar-refractivity contribution in [3.63, 3.8) is 0 Å². The van der Waals surface area contributed by atoms with Crippen molar-refractivity contribution in [2.45, 2.75) is 33.4 Å². The smallest absolute Gasteiger partial charge is 0.226 e. The molecule has 2 aromatic rings. The Balaban J connectivity index is 1.96. The molecule has 0 radical (unpaired) electrons. The van der Waals surface area contributed by atoms with Crippen molar-refractivity contribution in [1.29, 1.82) is 0 Å². The SMILES string of the molecule is Cc1cc(CNc2nccc(OC(C)C)n2)no1. The van der Waals surface area contributed by atoms with Gasteiger partial charge in [0.1, 0.15) is 11.5 Å². The Bertz CT molecular complexity index is 510. The van der Waals surface area contributed by atoms with Gasteiger partial charge in [-0.3, -0.25) is 0 Å². The van der Waals surface area contributed by atoms with Crippen LogP contribution in [-0.4, -0.2) is 21.2 Å². The molecule has 0 bridgehead atoms. The van der Waals surface area contributed by atoms with Gasteiger partial charge in [-0.25, -0.2) is 4.98 Å². The van der Waals surface area contributed by atoms with Gasteiger partial charge >= 0.3 is 0 Å². The summed E-state index contributed by atoms with van der Waals surface area (Å²) < 4.78 is 10.5. The Morgan fingerprint density at radius 2 is 2.28 bits per heavy atom. The molecule has 0 aliphatic carbocycles. The van der Waals surface area contributed by atoms with Crippen molar-refractivity contribution in [2.75, 3.05) is 5.32 Å². The minimum absolute atomic E-state index is 0.0888. The van der Waals surface area contributed by atoms with Gasteiger partial charge < -0.3 is 14.6 Å². The maximum Gasteiger partial charge on any atom is 0.226 e. The van der Waals surface area contributed by atoms with Gasteiger partial charge in [-0.15, -0.1) is 0 Å².